The second-order valence-electron chi connectivity index (χ2n) is 7.42. The minimum absolute atomic E-state index is 0.161. The maximum absolute atomic E-state index is 11.7. The molecule has 184 valence electrons. The zero-order valence-electron chi connectivity index (χ0n) is 19.1. The Hall–Kier alpha value is -2.92. The fourth-order valence-electron chi connectivity index (χ4n) is 3.27. The van der Waals surface area contributed by atoms with Crippen molar-refractivity contribution < 1.29 is 24.1 Å². The molecule has 34 heavy (non-hydrogen) atoms. The Morgan fingerprint density at radius 1 is 1.06 bits per heavy atom. The first-order valence-corrected chi connectivity index (χ1v) is 12.0. The number of hydrogen-bond donors (Lipinski definition) is 0. The van der Waals surface area contributed by atoms with E-state index in [4.69, 9.17) is 26.4 Å². The van der Waals surface area contributed by atoms with Crippen LogP contribution in [0.15, 0.2) is 48.5 Å². The van der Waals surface area contributed by atoms with Crippen molar-refractivity contribution >= 4 is 28.4 Å². The molecule has 11 heteroatoms. The van der Waals surface area contributed by atoms with Crippen LogP contribution in [0.2, 0.25) is 0 Å². The van der Waals surface area contributed by atoms with Crippen molar-refractivity contribution in [3.05, 3.63) is 79.9 Å². The van der Waals surface area contributed by atoms with Gasteiger partial charge in [-0.2, -0.15) is 0 Å². The number of thiocarbonyl (C=S) groups is 1. The number of nitro groups is 2. The van der Waals surface area contributed by atoms with Gasteiger partial charge >= 0.3 is 0 Å². The van der Waals surface area contributed by atoms with E-state index in [1.165, 1.54) is 7.11 Å². The molecule has 0 aliphatic carbocycles. The highest BCUT2D eigenvalue weighted by Crippen LogP contribution is 2.30. The summed E-state index contributed by atoms with van der Waals surface area (Å²) in [7, 11) is 1.51. The second kappa shape index (κ2) is 14.4. The largest absolute Gasteiger partial charge is 0.493 e. The van der Waals surface area contributed by atoms with Gasteiger partial charge in [0, 0.05) is 22.7 Å². The van der Waals surface area contributed by atoms with E-state index in [9.17, 15) is 20.2 Å². The molecule has 2 aromatic rings. The van der Waals surface area contributed by atoms with Gasteiger partial charge in [0.15, 0.2) is 11.5 Å². The zero-order valence-corrected chi connectivity index (χ0v) is 20.7. The number of rotatable bonds is 14. The summed E-state index contributed by atoms with van der Waals surface area (Å²) in [6.07, 6.45) is 0.593. The highest BCUT2D eigenvalue weighted by molar-refractivity contribution is 8.23. The van der Waals surface area contributed by atoms with Crippen LogP contribution in [-0.4, -0.2) is 45.8 Å². The highest BCUT2D eigenvalue weighted by Gasteiger charge is 2.26. The minimum Gasteiger partial charge on any atom is -0.493 e. The quantitative estimate of drug-likeness (QED) is 0.199. The van der Waals surface area contributed by atoms with Gasteiger partial charge in [-0.1, -0.05) is 48.2 Å². The van der Waals surface area contributed by atoms with Crippen molar-refractivity contribution in [2.45, 2.75) is 44.1 Å². The van der Waals surface area contributed by atoms with Crippen LogP contribution < -0.4 is 9.47 Å². The molecule has 0 bridgehead atoms. The van der Waals surface area contributed by atoms with Crippen LogP contribution in [0.25, 0.3) is 0 Å². The van der Waals surface area contributed by atoms with E-state index in [2.05, 4.69) is 0 Å². The van der Waals surface area contributed by atoms with Crippen LogP contribution in [-0.2, 0) is 17.8 Å². The maximum atomic E-state index is 11.7. The third kappa shape index (κ3) is 9.52. The van der Waals surface area contributed by atoms with Crippen molar-refractivity contribution in [1.82, 2.24) is 0 Å². The topological polar surface area (TPSA) is 114 Å². The highest BCUT2D eigenvalue weighted by atomic mass is 32.2. The predicted octanol–water partition coefficient (Wildman–Crippen LogP) is 4.94. The van der Waals surface area contributed by atoms with E-state index in [-0.39, 0.29) is 35.1 Å². The Bertz CT molecular complexity index is 960. The van der Waals surface area contributed by atoms with Gasteiger partial charge in [0.05, 0.1) is 19.0 Å². The third-order valence-electron chi connectivity index (χ3n) is 4.93. The normalized spacial score (nSPS) is 12.4. The molecule has 2 unspecified atom stereocenters. The third-order valence-corrected chi connectivity index (χ3v) is 6.37. The molecule has 0 aliphatic rings. The molecule has 2 rings (SSSR count). The van der Waals surface area contributed by atoms with Gasteiger partial charge in [0.1, 0.15) is 6.61 Å². The fraction of sp³-hybridized carbons (Fsp3) is 0.435. The average Bonchev–Trinajstić information content (AvgIpc) is 2.80. The summed E-state index contributed by atoms with van der Waals surface area (Å²) in [6, 6.07) is 14.0. The van der Waals surface area contributed by atoms with Crippen molar-refractivity contribution in [1.29, 1.82) is 0 Å². The van der Waals surface area contributed by atoms with Crippen LogP contribution in [0.5, 0.6) is 11.5 Å². The van der Waals surface area contributed by atoms with Crippen LogP contribution >= 0.6 is 24.0 Å². The average molecular weight is 509 g/mol. The van der Waals surface area contributed by atoms with Gasteiger partial charge in [0.2, 0.25) is 17.0 Å². The lowest BCUT2D eigenvalue weighted by molar-refractivity contribution is -0.523. The molecule has 0 aliphatic heterocycles. The molecule has 0 amide bonds. The van der Waals surface area contributed by atoms with E-state index >= 15 is 0 Å². The molecule has 2 aromatic carbocycles. The molecule has 2 atom stereocenters. The smallest absolute Gasteiger partial charge is 0.220 e. The summed E-state index contributed by atoms with van der Waals surface area (Å²) in [4.78, 5) is 21.9. The Kier molecular flexibility index (Phi) is 11.5. The van der Waals surface area contributed by atoms with Gasteiger partial charge in [-0.15, -0.1) is 0 Å². The molecule has 0 radical (unpaired) electrons. The van der Waals surface area contributed by atoms with Crippen LogP contribution in [0.3, 0.4) is 0 Å². The van der Waals surface area contributed by atoms with Gasteiger partial charge in [0.25, 0.3) is 0 Å². The molecule has 0 saturated carbocycles. The SMILES string of the molecule is CCOC(=S)SC(CCC(Cc1ccc(OCc2ccccc2)c(OC)c1)[N+](=O)[O-])C[N+](=O)[O-]. The Labute approximate surface area is 208 Å². The van der Waals surface area contributed by atoms with Crippen molar-refractivity contribution in [3.8, 4) is 11.5 Å². The van der Waals surface area contributed by atoms with Gasteiger partial charge in [-0.05, 0) is 48.8 Å². The van der Waals surface area contributed by atoms with Crippen molar-refractivity contribution in [3.63, 3.8) is 0 Å². The summed E-state index contributed by atoms with van der Waals surface area (Å²) in [5.41, 5.74) is 1.72. The molecule has 9 nitrogen and oxygen atoms in total. The molecule has 0 aromatic heterocycles. The number of methoxy groups -OCH3 is 1. The van der Waals surface area contributed by atoms with Gasteiger partial charge < -0.3 is 14.2 Å². The van der Waals surface area contributed by atoms with E-state index in [0.717, 1.165) is 17.3 Å². The molecule has 0 fully saturated rings. The first kappa shape index (κ1) is 27.3. The molecule has 0 heterocycles. The van der Waals surface area contributed by atoms with Crippen molar-refractivity contribution in [2.24, 2.45) is 0 Å². The molecule has 0 saturated heterocycles. The first-order valence-electron chi connectivity index (χ1n) is 10.7. The predicted molar refractivity (Wildman–Crippen MR) is 135 cm³/mol. The number of nitrogens with zero attached hydrogens (tertiary/aromatic N) is 2. The van der Waals surface area contributed by atoms with E-state index < -0.39 is 16.2 Å². The molecular weight excluding hydrogens is 480 g/mol. The summed E-state index contributed by atoms with van der Waals surface area (Å²) >= 11 is 6.15. The molecule has 0 N–H and O–H groups in total. The fourth-order valence-corrected chi connectivity index (χ4v) is 4.70. The first-order chi connectivity index (χ1) is 16.3. The monoisotopic (exact) mass is 508 g/mol. The molecule has 0 spiro atoms. The number of benzene rings is 2. The number of thioether (sulfide) groups is 1. The second-order valence-corrected chi connectivity index (χ2v) is 9.32. The van der Waals surface area contributed by atoms with E-state index in [0.29, 0.717) is 30.3 Å². The van der Waals surface area contributed by atoms with Gasteiger partial charge in [-0.3, -0.25) is 20.2 Å². The Morgan fingerprint density at radius 3 is 2.41 bits per heavy atom. The van der Waals surface area contributed by atoms with Gasteiger partial charge in [-0.25, -0.2) is 0 Å². The minimum atomic E-state index is -0.906. The lowest BCUT2D eigenvalue weighted by Gasteiger charge is -2.16. The van der Waals surface area contributed by atoms with Crippen molar-refractivity contribution in [2.75, 3.05) is 20.3 Å². The Morgan fingerprint density at radius 2 is 1.79 bits per heavy atom. The maximum Gasteiger partial charge on any atom is 0.220 e. The van der Waals surface area contributed by atoms with Crippen LogP contribution in [0.4, 0.5) is 0 Å². The van der Waals surface area contributed by atoms with Crippen LogP contribution in [0.1, 0.15) is 30.9 Å². The van der Waals surface area contributed by atoms with Crippen LogP contribution in [0, 0.1) is 20.2 Å². The molecular formula is C23H28N2O7S2. The van der Waals surface area contributed by atoms with E-state index in [1.54, 1.807) is 25.1 Å². The summed E-state index contributed by atoms with van der Waals surface area (Å²) in [5.74, 6) is 1.03. The summed E-state index contributed by atoms with van der Waals surface area (Å²) in [5, 5.41) is 22.2. The lowest BCUT2D eigenvalue weighted by Crippen LogP contribution is -2.26. The number of hydrogen-bond acceptors (Lipinski definition) is 9. The standard InChI is InChI=1S/C23H28N2O7S2/c1-3-31-23(33)34-20(15-24(26)27)11-10-19(25(28)29)13-18-9-12-21(22(14-18)30-2)32-16-17-7-5-4-6-8-17/h4-9,12,14,19-20H,3,10-11,13,15-16H2,1-2H3. The Balaban J connectivity index is 2.03. The lowest BCUT2D eigenvalue weighted by atomic mass is 10.0. The summed E-state index contributed by atoms with van der Waals surface area (Å²) < 4.78 is 16.7. The number of ether oxygens (including phenoxy) is 3. The zero-order chi connectivity index (χ0) is 24.9. The van der Waals surface area contributed by atoms with E-state index in [1.807, 2.05) is 30.3 Å². The summed E-state index contributed by atoms with van der Waals surface area (Å²) in [6.45, 7) is 2.16.